The van der Waals surface area contributed by atoms with Crippen LogP contribution in [0.15, 0.2) is 12.2 Å². The van der Waals surface area contributed by atoms with Crippen molar-refractivity contribution in [3.8, 4) is 0 Å². The molecule has 2 rings (SSSR count). The zero-order valence-corrected chi connectivity index (χ0v) is 9.15. The Bertz CT molecular complexity index is 219. The van der Waals surface area contributed by atoms with Gasteiger partial charge in [0, 0.05) is 12.8 Å². The van der Waals surface area contributed by atoms with Gasteiger partial charge in [0.15, 0.2) is 5.79 Å². The van der Waals surface area contributed by atoms with Crippen LogP contribution in [-0.2, 0) is 9.47 Å². The van der Waals surface area contributed by atoms with E-state index in [1.807, 2.05) is 6.08 Å². The van der Waals surface area contributed by atoms with Crippen LogP contribution in [0, 0.1) is 0 Å². The van der Waals surface area contributed by atoms with Crippen LogP contribution in [-0.4, -0.2) is 30.2 Å². The van der Waals surface area contributed by atoms with Crippen LogP contribution < -0.4 is 0 Å². The zero-order chi connectivity index (χ0) is 10.6. The van der Waals surface area contributed by atoms with E-state index in [2.05, 4.69) is 0 Å². The molecule has 1 aliphatic carbocycles. The fraction of sp³-hybridized carbons (Fsp3) is 0.833. The Hall–Kier alpha value is -0.380. The van der Waals surface area contributed by atoms with Gasteiger partial charge in [-0.2, -0.15) is 0 Å². The van der Waals surface area contributed by atoms with Crippen LogP contribution in [0.4, 0.5) is 0 Å². The number of rotatable bonds is 3. The molecule has 1 atom stereocenters. The Morgan fingerprint density at radius 3 is 2.73 bits per heavy atom. The van der Waals surface area contributed by atoms with Gasteiger partial charge in [-0.25, -0.2) is 0 Å². The summed E-state index contributed by atoms with van der Waals surface area (Å²) < 4.78 is 11.8. The maximum Gasteiger partial charge on any atom is 0.168 e. The first-order valence-electron chi connectivity index (χ1n) is 5.92. The minimum absolute atomic E-state index is 0.110. The highest BCUT2D eigenvalue weighted by Gasteiger charge is 2.41. The first-order chi connectivity index (χ1) is 7.35. The summed E-state index contributed by atoms with van der Waals surface area (Å²) in [5.41, 5.74) is 0. The highest BCUT2D eigenvalue weighted by Crippen LogP contribution is 2.38. The van der Waals surface area contributed by atoms with Crippen molar-refractivity contribution in [2.45, 2.75) is 50.4 Å². The van der Waals surface area contributed by atoms with E-state index in [4.69, 9.17) is 14.6 Å². The SMILES string of the molecule is OC/C=C/C[C@H]1COC2(CCCCC2)O1. The van der Waals surface area contributed by atoms with E-state index in [0.29, 0.717) is 6.61 Å². The van der Waals surface area contributed by atoms with Gasteiger partial charge in [-0.1, -0.05) is 18.6 Å². The van der Waals surface area contributed by atoms with E-state index in [9.17, 15) is 0 Å². The average Bonchev–Trinajstić information content (AvgIpc) is 2.63. The van der Waals surface area contributed by atoms with Crippen LogP contribution in [0.1, 0.15) is 38.5 Å². The van der Waals surface area contributed by atoms with Crippen LogP contribution in [0.2, 0.25) is 0 Å². The van der Waals surface area contributed by atoms with Crippen LogP contribution in [0.3, 0.4) is 0 Å². The molecule has 1 aliphatic heterocycles. The van der Waals surface area contributed by atoms with Crippen molar-refractivity contribution in [2.75, 3.05) is 13.2 Å². The van der Waals surface area contributed by atoms with E-state index < -0.39 is 0 Å². The largest absolute Gasteiger partial charge is 0.392 e. The topological polar surface area (TPSA) is 38.7 Å². The van der Waals surface area contributed by atoms with E-state index >= 15 is 0 Å². The van der Waals surface area contributed by atoms with Crippen molar-refractivity contribution in [1.82, 2.24) is 0 Å². The Morgan fingerprint density at radius 2 is 2.00 bits per heavy atom. The standard InChI is InChI=1S/C12H20O3/c13-9-5-2-6-11-10-14-12(15-11)7-3-1-4-8-12/h2,5,11,13H,1,3-4,6-10H2/b5-2+/t11-/m0/s1. The van der Waals surface area contributed by atoms with Crippen molar-refractivity contribution < 1.29 is 14.6 Å². The van der Waals surface area contributed by atoms with Gasteiger partial charge in [0.1, 0.15) is 0 Å². The molecule has 0 aromatic rings. The van der Waals surface area contributed by atoms with Gasteiger partial charge in [0.25, 0.3) is 0 Å². The van der Waals surface area contributed by atoms with E-state index in [0.717, 1.165) is 19.3 Å². The van der Waals surface area contributed by atoms with E-state index in [1.54, 1.807) is 6.08 Å². The molecule has 0 amide bonds. The molecular formula is C12H20O3. The van der Waals surface area contributed by atoms with Crippen molar-refractivity contribution >= 4 is 0 Å². The lowest BCUT2D eigenvalue weighted by Gasteiger charge is -2.31. The van der Waals surface area contributed by atoms with Crippen molar-refractivity contribution in [2.24, 2.45) is 0 Å². The lowest BCUT2D eigenvalue weighted by Crippen LogP contribution is -2.33. The van der Waals surface area contributed by atoms with Crippen molar-refractivity contribution in [1.29, 1.82) is 0 Å². The summed E-state index contributed by atoms with van der Waals surface area (Å²) in [7, 11) is 0. The minimum Gasteiger partial charge on any atom is -0.392 e. The molecular weight excluding hydrogens is 192 g/mol. The smallest absolute Gasteiger partial charge is 0.168 e. The van der Waals surface area contributed by atoms with Gasteiger partial charge in [-0.15, -0.1) is 0 Å². The first-order valence-corrected chi connectivity index (χ1v) is 5.92. The van der Waals surface area contributed by atoms with Gasteiger partial charge >= 0.3 is 0 Å². The molecule has 3 nitrogen and oxygen atoms in total. The highest BCUT2D eigenvalue weighted by atomic mass is 16.7. The lowest BCUT2D eigenvalue weighted by molar-refractivity contribution is -0.186. The summed E-state index contributed by atoms with van der Waals surface area (Å²) in [5.74, 6) is -0.254. The summed E-state index contributed by atoms with van der Waals surface area (Å²) >= 11 is 0. The first kappa shape index (κ1) is 11.1. The third-order valence-electron chi connectivity index (χ3n) is 3.20. The molecule has 1 saturated carbocycles. The number of hydrogen-bond donors (Lipinski definition) is 1. The van der Waals surface area contributed by atoms with Crippen LogP contribution in [0.25, 0.3) is 0 Å². The molecule has 1 saturated heterocycles. The second kappa shape index (κ2) is 5.10. The van der Waals surface area contributed by atoms with Gasteiger partial charge < -0.3 is 14.6 Å². The maximum atomic E-state index is 8.62. The summed E-state index contributed by atoms with van der Waals surface area (Å²) in [4.78, 5) is 0. The van der Waals surface area contributed by atoms with Gasteiger partial charge in [-0.05, 0) is 19.3 Å². The number of aliphatic hydroxyl groups is 1. The monoisotopic (exact) mass is 212 g/mol. The third-order valence-corrected chi connectivity index (χ3v) is 3.20. The van der Waals surface area contributed by atoms with Gasteiger partial charge in [0.2, 0.25) is 0 Å². The maximum absolute atomic E-state index is 8.62. The number of hydrogen-bond acceptors (Lipinski definition) is 3. The normalized spacial score (nSPS) is 30.3. The Morgan fingerprint density at radius 1 is 1.20 bits per heavy atom. The summed E-state index contributed by atoms with van der Waals surface area (Å²) in [6, 6.07) is 0. The summed E-state index contributed by atoms with van der Waals surface area (Å²) in [6.45, 7) is 0.814. The fourth-order valence-electron chi connectivity index (χ4n) is 2.41. The van der Waals surface area contributed by atoms with Gasteiger partial charge in [0.05, 0.1) is 19.3 Å². The molecule has 1 spiro atoms. The molecule has 2 aliphatic rings. The minimum atomic E-state index is -0.254. The summed E-state index contributed by atoms with van der Waals surface area (Å²) in [6.07, 6.45) is 10.6. The fourth-order valence-corrected chi connectivity index (χ4v) is 2.41. The Balaban J connectivity index is 1.80. The molecule has 0 unspecified atom stereocenters. The van der Waals surface area contributed by atoms with E-state index in [-0.39, 0.29) is 18.5 Å². The quantitative estimate of drug-likeness (QED) is 0.727. The second-order valence-corrected chi connectivity index (χ2v) is 4.41. The average molecular weight is 212 g/mol. The molecule has 15 heavy (non-hydrogen) atoms. The molecule has 0 radical (unpaired) electrons. The third kappa shape index (κ3) is 2.80. The van der Waals surface area contributed by atoms with Crippen LogP contribution >= 0.6 is 0 Å². The second-order valence-electron chi connectivity index (χ2n) is 4.41. The predicted octanol–water partition coefficient (Wildman–Crippen LogP) is 2.00. The van der Waals surface area contributed by atoms with E-state index in [1.165, 1.54) is 19.3 Å². The molecule has 1 N–H and O–H groups in total. The summed E-state index contributed by atoms with van der Waals surface area (Å²) in [5, 5.41) is 8.62. The Labute approximate surface area is 91.1 Å². The zero-order valence-electron chi connectivity index (χ0n) is 9.15. The molecule has 0 bridgehead atoms. The molecule has 2 fully saturated rings. The van der Waals surface area contributed by atoms with Crippen molar-refractivity contribution in [3.05, 3.63) is 12.2 Å². The van der Waals surface area contributed by atoms with Crippen molar-refractivity contribution in [3.63, 3.8) is 0 Å². The Kier molecular flexibility index (Phi) is 3.78. The molecule has 0 aromatic carbocycles. The number of aliphatic hydroxyl groups excluding tert-OH is 1. The molecule has 3 heteroatoms. The lowest BCUT2D eigenvalue weighted by atomic mass is 9.94. The van der Waals surface area contributed by atoms with Gasteiger partial charge in [-0.3, -0.25) is 0 Å². The number of ether oxygens (including phenoxy) is 2. The molecule has 86 valence electrons. The predicted molar refractivity (Wildman–Crippen MR) is 57.5 cm³/mol. The highest BCUT2D eigenvalue weighted by molar-refractivity contribution is 4.88. The molecule has 0 aromatic heterocycles. The van der Waals surface area contributed by atoms with Crippen LogP contribution in [0.5, 0.6) is 0 Å². The molecule has 1 heterocycles.